The van der Waals surface area contributed by atoms with E-state index in [1.807, 2.05) is 78.9 Å². The normalized spacial score (nSPS) is 15.0. The summed E-state index contributed by atoms with van der Waals surface area (Å²) in [6.45, 7) is 3.99. The Balaban J connectivity index is 1.51. The average Bonchev–Trinajstić information content (AvgIpc) is 2.99. The highest BCUT2D eigenvalue weighted by Crippen LogP contribution is 2.34. The van der Waals surface area contributed by atoms with E-state index in [0.717, 1.165) is 45.6 Å². The number of benzene rings is 4. The predicted molar refractivity (Wildman–Crippen MR) is 144 cm³/mol. The molecule has 0 aliphatic carbocycles. The van der Waals surface area contributed by atoms with Crippen LogP contribution in [0.5, 0.6) is 5.75 Å². The number of aromatic nitrogens is 1. The molecule has 1 aromatic heterocycles. The standard InChI is InChI=1S/C32H23NO2/c1-22-10-3-2-4-11-26-25(14-9-17-31(26)35-22)23-18-20-24(21-19-23)33-29-15-7-5-12-27(29)32(34)28-13-6-8-16-30(28)33/h2-10,12-21H,1,11H2/b4-2-,10-3-. The number of para-hydroxylation sites is 2. The van der Waals surface area contributed by atoms with Crippen LogP contribution in [0, 0.1) is 0 Å². The summed E-state index contributed by atoms with van der Waals surface area (Å²) in [5, 5.41) is 1.43. The number of allylic oxidation sites excluding steroid dienone is 4. The lowest BCUT2D eigenvalue weighted by Gasteiger charge is -2.17. The van der Waals surface area contributed by atoms with E-state index in [1.165, 1.54) is 0 Å². The second-order valence-electron chi connectivity index (χ2n) is 8.59. The van der Waals surface area contributed by atoms with Crippen molar-refractivity contribution in [3.05, 3.63) is 143 Å². The minimum Gasteiger partial charge on any atom is -0.458 e. The van der Waals surface area contributed by atoms with Crippen molar-refractivity contribution in [3.63, 3.8) is 0 Å². The van der Waals surface area contributed by atoms with E-state index in [9.17, 15) is 4.79 Å². The Morgan fingerprint density at radius 2 is 1.43 bits per heavy atom. The van der Waals surface area contributed by atoms with Gasteiger partial charge in [-0.3, -0.25) is 4.79 Å². The lowest BCUT2D eigenvalue weighted by molar-refractivity contribution is 0.443. The monoisotopic (exact) mass is 453 g/mol. The summed E-state index contributed by atoms with van der Waals surface area (Å²) < 4.78 is 8.19. The second kappa shape index (κ2) is 8.62. The van der Waals surface area contributed by atoms with Crippen molar-refractivity contribution in [1.82, 2.24) is 4.57 Å². The third kappa shape index (κ3) is 3.68. The van der Waals surface area contributed by atoms with Gasteiger partial charge in [-0.2, -0.15) is 0 Å². The van der Waals surface area contributed by atoms with Crippen molar-refractivity contribution in [2.45, 2.75) is 6.42 Å². The molecule has 0 bridgehead atoms. The SMILES string of the molecule is C=C1/C=C\C=C/Cc2c(cccc2-c2ccc(-n3c4ccccc4c(=O)c4ccccc43)cc2)O1. The zero-order chi connectivity index (χ0) is 23.8. The van der Waals surface area contributed by atoms with E-state index >= 15 is 0 Å². The number of nitrogens with zero attached hydrogens (tertiary/aromatic N) is 1. The van der Waals surface area contributed by atoms with Crippen LogP contribution < -0.4 is 10.2 Å². The van der Waals surface area contributed by atoms with Crippen molar-refractivity contribution in [2.24, 2.45) is 0 Å². The topological polar surface area (TPSA) is 31.2 Å². The summed E-state index contributed by atoms with van der Waals surface area (Å²) in [7, 11) is 0. The first-order valence-corrected chi connectivity index (χ1v) is 11.7. The van der Waals surface area contributed by atoms with Crippen LogP contribution >= 0.6 is 0 Å². The van der Waals surface area contributed by atoms with Gasteiger partial charge in [-0.1, -0.05) is 73.3 Å². The Morgan fingerprint density at radius 3 is 2.14 bits per heavy atom. The third-order valence-electron chi connectivity index (χ3n) is 6.44. The minimum atomic E-state index is 0.0621. The van der Waals surface area contributed by atoms with Crippen LogP contribution in [-0.4, -0.2) is 4.57 Å². The van der Waals surface area contributed by atoms with Gasteiger partial charge in [-0.15, -0.1) is 0 Å². The van der Waals surface area contributed by atoms with Gasteiger partial charge in [0.2, 0.25) is 0 Å². The van der Waals surface area contributed by atoms with Crippen LogP contribution in [0.4, 0.5) is 0 Å². The summed E-state index contributed by atoms with van der Waals surface area (Å²) in [4.78, 5) is 13.1. The average molecular weight is 454 g/mol. The molecule has 35 heavy (non-hydrogen) atoms. The summed E-state index contributed by atoms with van der Waals surface area (Å²) in [6.07, 6.45) is 8.73. The fraction of sp³-hybridized carbons (Fsp3) is 0.0312. The molecule has 0 unspecified atom stereocenters. The molecule has 1 aliphatic rings. The molecule has 0 N–H and O–H groups in total. The van der Waals surface area contributed by atoms with E-state index in [-0.39, 0.29) is 5.43 Å². The molecule has 0 fully saturated rings. The Bertz CT molecular complexity index is 1660. The van der Waals surface area contributed by atoms with Crippen LogP contribution in [0.3, 0.4) is 0 Å². The zero-order valence-electron chi connectivity index (χ0n) is 19.1. The highest BCUT2D eigenvalue weighted by Gasteiger charge is 2.14. The van der Waals surface area contributed by atoms with Gasteiger partial charge in [-0.25, -0.2) is 0 Å². The van der Waals surface area contributed by atoms with Crippen molar-refractivity contribution in [1.29, 1.82) is 0 Å². The Kier molecular flexibility index (Phi) is 5.16. The Hall–Kier alpha value is -4.63. The van der Waals surface area contributed by atoms with Crippen molar-refractivity contribution >= 4 is 21.8 Å². The summed E-state index contributed by atoms with van der Waals surface area (Å²) in [6, 6.07) is 30.2. The maximum Gasteiger partial charge on any atom is 0.197 e. The number of hydrogen-bond acceptors (Lipinski definition) is 2. The van der Waals surface area contributed by atoms with Crippen molar-refractivity contribution < 1.29 is 4.74 Å². The van der Waals surface area contributed by atoms with Gasteiger partial charge in [0.05, 0.1) is 11.0 Å². The first-order valence-electron chi connectivity index (χ1n) is 11.7. The highest BCUT2D eigenvalue weighted by molar-refractivity contribution is 5.95. The zero-order valence-corrected chi connectivity index (χ0v) is 19.1. The van der Waals surface area contributed by atoms with Crippen molar-refractivity contribution in [2.75, 3.05) is 0 Å². The summed E-state index contributed by atoms with van der Waals surface area (Å²) in [5.74, 6) is 1.44. The van der Waals surface area contributed by atoms with Gasteiger partial charge < -0.3 is 9.30 Å². The lowest BCUT2D eigenvalue weighted by Crippen LogP contribution is -2.10. The van der Waals surface area contributed by atoms with Gasteiger partial charge in [0.15, 0.2) is 5.43 Å². The molecular formula is C32H23NO2. The molecule has 0 saturated heterocycles. The molecule has 0 amide bonds. The van der Waals surface area contributed by atoms with E-state index in [1.54, 1.807) is 0 Å². The predicted octanol–water partition coefficient (Wildman–Crippen LogP) is 7.37. The largest absolute Gasteiger partial charge is 0.458 e. The highest BCUT2D eigenvalue weighted by atomic mass is 16.5. The number of hydrogen-bond donors (Lipinski definition) is 0. The maximum absolute atomic E-state index is 13.1. The third-order valence-corrected chi connectivity index (χ3v) is 6.44. The van der Waals surface area contributed by atoms with Crippen molar-refractivity contribution in [3.8, 4) is 22.6 Å². The van der Waals surface area contributed by atoms with Gasteiger partial charge in [-0.05, 0) is 66.1 Å². The van der Waals surface area contributed by atoms with Crippen LogP contribution in [0.1, 0.15) is 5.56 Å². The molecule has 0 saturated carbocycles. The molecule has 4 aromatic carbocycles. The van der Waals surface area contributed by atoms with E-state index < -0.39 is 0 Å². The number of fused-ring (bicyclic) bond motifs is 3. The molecule has 0 atom stereocenters. The van der Waals surface area contributed by atoms with Crippen LogP contribution in [0.15, 0.2) is 132 Å². The quantitative estimate of drug-likeness (QED) is 0.261. The lowest BCUT2D eigenvalue weighted by atomic mass is 9.96. The molecular weight excluding hydrogens is 430 g/mol. The summed E-state index contributed by atoms with van der Waals surface area (Å²) >= 11 is 0. The molecule has 3 nitrogen and oxygen atoms in total. The van der Waals surface area contributed by atoms with Gasteiger partial charge in [0.25, 0.3) is 0 Å². The van der Waals surface area contributed by atoms with Gasteiger partial charge in [0, 0.05) is 22.0 Å². The minimum absolute atomic E-state index is 0.0621. The Labute approximate surface area is 203 Å². The summed E-state index contributed by atoms with van der Waals surface area (Å²) in [5.41, 5.74) is 6.22. The van der Waals surface area contributed by atoms with Crippen LogP contribution in [0.25, 0.3) is 38.6 Å². The first-order chi connectivity index (χ1) is 17.2. The fourth-order valence-electron chi connectivity index (χ4n) is 4.81. The molecule has 5 aromatic rings. The van der Waals surface area contributed by atoms with Gasteiger partial charge in [0.1, 0.15) is 11.5 Å². The number of rotatable bonds is 2. The molecule has 168 valence electrons. The molecule has 2 heterocycles. The van der Waals surface area contributed by atoms with Crippen LogP contribution in [-0.2, 0) is 6.42 Å². The van der Waals surface area contributed by atoms with Crippen LogP contribution in [0.2, 0.25) is 0 Å². The molecule has 0 radical (unpaired) electrons. The van der Waals surface area contributed by atoms with Gasteiger partial charge >= 0.3 is 0 Å². The number of pyridine rings is 1. The Morgan fingerprint density at radius 1 is 0.743 bits per heavy atom. The first kappa shape index (κ1) is 20.9. The molecule has 1 aliphatic heterocycles. The maximum atomic E-state index is 13.1. The van der Waals surface area contributed by atoms with E-state index in [2.05, 4.69) is 47.6 Å². The smallest absolute Gasteiger partial charge is 0.197 e. The van der Waals surface area contributed by atoms with E-state index in [0.29, 0.717) is 16.5 Å². The molecule has 3 heteroatoms. The fourth-order valence-corrected chi connectivity index (χ4v) is 4.81. The number of ether oxygens (including phenoxy) is 1. The van der Waals surface area contributed by atoms with E-state index in [4.69, 9.17) is 4.74 Å². The molecule has 6 rings (SSSR count). The molecule has 0 spiro atoms. The second-order valence-corrected chi connectivity index (χ2v) is 8.59.